The molecule has 0 spiro atoms. The van der Waals surface area contributed by atoms with E-state index in [4.69, 9.17) is 10.5 Å². The van der Waals surface area contributed by atoms with E-state index < -0.39 is 0 Å². The van der Waals surface area contributed by atoms with Crippen molar-refractivity contribution in [3.8, 4) is 0 Å². The van der Waals surface area contributed by atoms with Crippen LogP contribution in [0.3, 0.4) is 0 Å². The lowest BCUT2D eigenvalue weighted by Crippen LogP contribution is -2.50. The molecular formula is C17H29NO. The van der Waals surface area contributed by atoms with Gasteiger partial charge in [0.25, 0.3) is 0 Å². The van der Waals surface area contributed by atoms with Crippen molar-refractivity contribution < 1.29 is 4.74 Å². The summed E-state index contributed by atoms with van der Waals surface area (Å²) in [4.78, 5) is 0. The first-order valence-electron chi connectivity index (χ1n) is 7.44. The Hall–Kier alpha value is -0.860. The molecule has 0 aromatic heterocycles. The first-order valence-corrected chi connectivity index (χ1v) is 7.44. The Morgan fingerprint density at radius 1 is 1.16 bits per heavy atom. The lowest BCUT2D eigenvalue weighted by atomic mass is 9.84. The number of benzene rings is 1. The van der Waals surface area contributed by atoms with Gasteiger partial charge in [0, 0.05) is 12.6 Å². The van der Waals surface area contributed by atoms with Crippen LogP contribution >= 0.6 is 0 Å². The quantitative estimate of drug-likeness (QED) is 0.812. The highest BCUT2D eigenvalue weighted by Gasteiger charge is 2.34. The maximum atomic E-state index is 6.49. The van der Waals surface area contributed by atoms with Crippen molar-refractivity contribution >= 4 is 0 Å². The van der Waals surface area contributed by atoms with E-state index in [-0.39, 0.29) is 11.6 Å². The number of rotatable bonds is 7. The largest absolute Gasteiger partial charge is 0.374 e. The first kappa shape index (κ1) is 16.2. The van der Waals surface area contributed by atoms with E-state index in [2.05, 4.69) is 45.9 Å². The van der Waals surface area contributed by atoms with Crippen LogP contribution in [0.4, 0.5) is 0 Å². The molecule has 2 heteroatoms. The van der Waals surface area contributed by atoms with Crippen LogP contribution in [0.2, 0.25) is 0 Å². The van der Waals surface area contributed by atoms with Gasteiger partial charge in [0.1, 0.15) is 0 Å². The number of ether oxygens (including phenoxy) is 1. The molecule has 1 aromatic carbocycles. The van der Waals surface area contributed by atoms with E-state index in [1.165, 1.54) is 16.7 Å². The summed E-state index contributed by atoms with van der Waals surface area (Å²) in [6.07, 6.45) is 2.81. The molecule has 0 amide bonds. The highest BCUT2D eigenvalue weighted by Crippen LogP contribution is 2.27. The average Bonchev–Trinajstić information content (AvgIpc) is 2.40. The van der Waals surface area contributed by atoms with Gasteiger partial charge in [-0.25, -0.2) is 0 Å². The van der Waals surface area contributed by atoms with Crippen molar-refractivity contribution in [2.24, 2.45) is 5.73 Å². The maximum absolute atomic E-state index is 6.49. The molecule has 0 fully saturated rings. The van der Waals surface area contributed by atoms with E-state index in [1.807, 2.05) is 6.92 Å². The van der Waals surface area contributed by atoms with Crippen LogP contribution in [-0.4, -0.2) is 18.2 Å². The van der Waals surface area contributed by atoms with Gasteiger partial charge >= 0.3 is 0 Å². The topological polar surface area (TPSA) is 35.2 Å². The predicted octanol–water partition coefficient (Wildman–Crippen LogP) is 3.77. The minimum Gasteiger partial charge on any atom is -0.374 e. The minimum atomic E-state index is -0.190. The molecule has 1 aromatic rings. The van der Waals surface area contributed by atoms with Crippen molar-refractivity contribution in [3.05, 3.63) is 34.9 Å². The second kappa shape index (κ2) is 7.06. The fourth-order valence-electron chi connectivity index (χ4n) is 2.82. The molecule has 1 atom stereocenters. The molecule has 0 radical (unpaired) electrons. The van der Waals surface area contributed by atoms with Gasteiger partial charge in [-0.15, -0.1) is 0 Å². The molecule has 1 rings (SSSR count). The van der Waals surface area contributed by atoms with Gasteiger partial charge in [0.2, 0.25) is 0 Å². The Balaban J connectivity index is 2.92. The second-order valence-electron chi connectivity index (χ2n) is 5.45. The zero-order valence-corrected chi connectivity index (χ0v) is 13.1. The summed E-state index contributed by atoms with van der Waals surface area (Å²) in [5.41, 5.74) is 10.3. The first-order chi connectivity index (χ1) is 8.99. The molecule has 108 valence electrons. The zero-order chi connectivity index (χ0) is 14.5. The highest BCUT2D eigenvalue weighted by atomic mass is 16.5. The van der Waals surface area contributed by atoms with Gasteiger partial charge in [0.05, 0.1) is 5.60 Å². The van der Waals surface area contributed by atoms with Crippen LogP contribution in [0.1, 0.15) is 50.3 Å². The lowest BCUT2D eigenvalue weighted by molar-refractivity contribution is -0.0633. The Kier molecular flexibility index (Phi) is 6.02. The van der Waals surface area contributed by atoms with Gasteiger partial charge in [-0.1, -0.05) is 37.6 Å². The molecule has 0 bridgehead atoms. The smallest absolute Gasteiger partial charge is 0.0830 e. The summed E-state index contributed by atoms with van der Waals surface area (Å²) < 4.78 is 6.01. The van der Waals surface area contributed by atoms with Crippen LogP contribution in [0.5, 0.6) is 0 Å². The molecule has 0 aliphatic rings. The normalized spacial score (nSPS) is 13.6. The van der Waals surface area contributed by atoms with Crippen LogP contribution in [0, 0.1) is 13.8 Å². The van der Waals surface area contributed by atoms with E-state index in [1.54, 1.807) is 0 Å². The minimum absolute atomic E-state index is 0.0444. The average molecular weight is 263 g/mol. The SMILES string of the molecule is CCOC(CC)(CC)C(N)Cc1cc(C)ccc1C. The third kappa shape index (κ3) is 3.80. The molecule has 19 heavy (non-hydrogen) atoms. The Morgan fingerprint density at radius 3 is 2.32 bits per heavy atom. The molecular weight excluding hydrogens is 234 g/mol. The van der Waals surface area contributed by atoms with Crippen molar-refractivity contribution in [2.75, 3.05) is 6.61 Å². The zero-order valence-electron chi connectivity index (χ0n) is 13.1. The number of hydrogen-bond acceptors (Lipinski definition) is 2. The monoisotopic (exact) mass is 263 g/mol. The van der Waals surface area contributed by atoms with Crippen molar-refractivity contribution in [2.45, 2.75) is 65.5 Å². The van der Waals surface area contributed by atoms with E-state index in [9.17, 15) is 0 Å². The molecule has 0 aliphatic heterocycles. The number of hydrogen-bond donors (Lipinski definition) is 1. The Bertz CT molecular complexity index is 396. The van der Waals surface area contributed by atoms with Gasteiger partial charge in [-0.2, -0.15) is 0 Å². The van der Waals surface area contributed by atoms with Crippen LogP contribution in [-0.2, 0) is 11.2 Å². The van der Waals surface area contributed by atoms with E-state index >= 15 is 0 Å². The van der Waals surface area contributed by atoms with Crippen LogP contribution in [0.25, 0.3) is 0 Å². The standard InChI is InChI=1S/C17H29NO/c1-6-17(7-2,19-8-3)16(18)12-15-11-13(4)9-10-14(15)5/h9-11,16H,6-8,12,18H2,1-5H3. The second-order valence-corrected chi connectivity index (χ2v) is 5.45. The molecule has 1 unspecified atom stereocenters. The van der Waals surface area contributed by atoms with Crippen LogP contribution in [0.15, 0.2) is 18.2 Å². The van der Waals surface area contributed by atoms with Crippen molar-refractivity contribution in [1.29, 1.82) is 0 Å². The number of nitrogens with two attached hydrogens (primary N) is 1. The summed E-state index contributed by atoms with van der Waals surface area (Å²) in [5, 5.41) is 0. The van der Waals surface area contributed by atoms with Gasteiger partial charge in [-0.05, 0) is 51.2 Å². The third-order valence-corrected chi connectivity index (χ3v) is 4.25. The van der Waals surface area contributed by atoms with Crippen molar-refractivity contribution in [3.63, 3.8) is 0 Å². The summed E-state index contributed by atoms with van der Waals surface area (Å²) in [5.74, 6) is 0. The van der Waals surface area contributed by atoms with E-state index in [0.717, 1.165) is 25.9 Å². The van der Waals surface area contributed by atoms with Gasteiger partial charge in [0.15, 0.2) is 0 Å². The Morgan fingerprint density at radius 2 is 1.79 bits per heavy atom. The molecule has 2 N–H and O–H groups in total. The van der Waals surface area contributed by atoms with Gasteiger partial charge in [-0.3, -0.25) is 0 Å². The van der Waals surface area contributed by atoms with Crippen molar-refractivity contribution in [1.82, 2.24) is 0 Å². The third-order valence-electron chi connectivity index (χ3n) is 4.25. The van der Waals surface area contributed by atoms with Gasteiger partial charge < -0.3 is 10.5 Å². The summed E-state index contributed by atoms with van der Waals surface area (Å²) >= 11 is 0. The molecule has 2 nitrogen and oxygen atoms in total. The summed E-state index contributed by atoms with van der Waals surface area (Å²) in [7, 11) is 0. The fourth-order valence-corrected chi connectivity index (χ4v) is 2.82. The summed E-state index contributed by atoms with van der Waals surface area (Å²) in [6, 6.07) is 6.62. The van der Waals surface area contributed by atoms with E-state index in [0.29, 0.717) is 0 Å². The van der Waals surface area contributed by atoms with Crippen LogP contribution < -0.4 is 5.73 Å². The highest BCUT2D eigenvalue weighted by molar-refractivity contribution is 5.31. The molecule has 0 heterocycles. The fraction of sp³-hybridized carbons (Fsp3) is 0.647. The lowest BCUT2D eigenvalue weighted by Gasteiger charge is -2.37. The summed E-state index contributed by atoms with van der Waals surface area (Å²) in [6.45, 7) is 11.4. The number of aryl methyl sites for hydroxylation is 2. The maximum Gasteiger partial charge on any atom is 0.0830 e. The Labute approximate surface area is 118 Å². The molecule has 0 saturated heterocycles. The molecule has 0 saturated carbocycles. The molecule has 0 aliphatic carbocycles. The predicted molar refractivity (Wildman–Crippen MR) is 82.5 cm³/mol.